The van der Waals surface area contributed by atoms with Gasteiger partial charge >= 0.3 is 0 Å². The quantitative estimate of drug-likeness (QED) is 0.830. The molecule has 1 unspecified atom stereocenters. The number of anilines is 1. The van der Waals surface area contributed by atoms with E-state index in [2.05, 4.69) is 71.8 Å². The van der Waals surface area contributed by atoms with Gasteiger partial charge in [0.15, 0.2) is 0 Å². The Morgan fingerprint density at radius 2 is 2.18 bits per heavy atom. The molecule has 0 radical (unpaired) electrons. The normalized spacial score (nSPS) is 21.0. The van der Waals surface area contributed by atoms with Gasteiger partial charge in [0.05, 0.1) is 0 Å². The van der Waals surface area contributed by atoms with E-state index in [4.69, 9.17) is 0 Å². The molecule has 0 spiro atoms. The zero-order valence-corrected chi connectivity index (χ0v) is 13.0. The lowest BCUT2D eigenvalue weighted by Gasteiger charge is -2.41. The second kappa shape index (κ2) is 5.57. The third-order valence-corrected chi connectivity index (χ3v) is 4.20. The average molecular weight is 344 g/mol. The van der Waals surface area contributed by atoms with Gasteiger partial charge in [0.25, 0.3) is 0 Å². The Kier molecular flexibility index (Phi) is 4.31. The summed E-state index contributed by atoms with van der Waals surface area (Å²) >= 11 is 2.40. The number of rotatable bonds is 2. The molecule has 1 N–H and O–H groups in total. The number of hydrogen-bond donors (Lipinski definition) is 1. The molecule has 1 atom stereocenters. The molecule has 1 fully saturated rings. The number of piperazine rings is 1. The summed E-state index contributed by atoms with van der Waals surface area (Å²) in [7, 11) is 0. The van der Waals surface area contributed by atoms with Gasteiger partial charge in [0, 0.05) is 34.9 Å². The third-order valence-electron chi connectivity index (χ3n) is 3.53. The number of hydrogen-bond acceptors (Lipinski definition) is 2. The summed E-state index contributed by atoms with van der Waals surface area (Å²) in [5, 5.41) is 3.51. The Morgan fingerprint density at radius 3 is 2.88 bits per heavy atom. The predicted octanol–water partition coefficient (Wildman–Crippen LogP) is 3.03. The molecule has 2 rings (SSSR count). The van der Waals surface area contributed by atoms with Crippen LogP contribution in [0.3, 0.4) is 0 Å². The van der Waals surface area contributed by atoms with Crippen molar-refractivity contribution in [2.45, 2.75) is 26.8 Å². The summed E-state index contributed by atoms with van der Waals surface area (Å²) in [6, 6.07) is 7.35. The molecular weight excluding hydrogens is 323 g/mol. The maximum Gasteiger partial charge on any atom is 0.0438 e. The van der Waals surface area contributed by atoms with E-state index in [0.717, 1.165) is 19.6 Å². The van der Waals surface area contributed by atoms with Crippen LogP contribution in [-0.2, 0) is 0 Å². The summed E-state index contributed by atoms with van der Waals surface area (Å²) in [6.07, 6.45) is 0. The Morgan fingerprint density at radius 1 is 1.41 bits per heavy atom. The minimum Gasteiger partial charge on any atom is -0.365 e. The minimum absolute atomic E-state index is 0.612. The highest BCUT2D eigenvalue weighted by Gasteiger charge is 2.25. The zero-order valence-electron chi connectivity index (χ0n) is 10.8. The smallest absolute Gasteiger partial charge is 0.0438 e. The van der Waals surface area contributed by atoms with E-state index in [-0.39, 0.29) is 0 Å². The van der Waals surface area contributed by atoms with Crippen LogP contribution in [0.5, 0.6) is 0 Å². The van der Waals surface area contributed by atoms with Crippen molar-refractivity contribution in [3.05, 3.63) is 27.3 Å². The highest BCUT2D eigenvalue weighted by molar-refractivity contribution is 14.1. The van der Waals surface area contributed by atoms with Gasteiger partial charge in [0.2, 0.25) is 0 Å². The summed E-state index contributed by atoms with van der Waals surface area (Å²) in [4.78, 5) is 2.58. The second-order valence-electron chi connectivity index (χ2n) is 5.14. The van der Waals surface area contributed by atoms with E-state index in [1.54, 1.807) is 0 Å². The Hall–Kier alpha value is -0.290. The molecule has 0 bridgehead atoms. The molecule has 2 nitrogen and oxygen atoms in total. The second-order valence-corrected chi connectivity index (χ2v) is 6.39. The van der Waals surface area contributed by atoms with Gasteiger partial charge in [-0.3, -0.25) is 0 Å². The SMILES string of the molecule is Cc1ccc(I)cc1N1CCNCC1C(C)C. The van der Waals surface area contributed by atoms with E-state index in [1.807, 2.05) is 0 Å². The Labute approximate surface area is 118 Å². The summed E-state index contributed by atoms with van der Waals surface area (Å²) in [5.41, 5.74) is 2.80. The van der Waals surface area contributed by atoms with Crippen LogP contribution in [0.15, 0.2) is 18.2 Å². The van der Waals surface area contributed by atoms with Gasteiger partial charge in [0.1, 0.15) is 0 Å². The molecular formula is C14H21IN2. The van der Waals surface area contributed by atoms with Gasteiger partial charge in [-0.1, -0.05) is 19.9 Å². The minimum atomic E-state index is 0.612. The predicted molar refractivity (Wildman–Crippen MR) is 82.7 cm³/mol. The number of benzene rings is 1. The van der Waals surface area contributed by atoms with Gasteiger partial charge in [-0.15, -0.1) is 0 Å². The van der Waals surface area contributed by atoms with Crippen molar-refractivity contribution >= 4 is 28.3 Å². The van der Waals surface area contributed by atoms with E-state index in [1.165, 1.54) is 14.8 Å². The van der Waals surface area contributed by atoms with Crippen LogP contribution >= 0.6 is 22.6 Å². The molecule has 94 valence electrons. The molecule has 0 aromatic heterocycles. The van der Waals surface area contributed by atoms with E-state index < -0.39 is 0 Å². The first kappa shape index (κ1) is 13.1. The number of aryl methyl sites for hydroxylation is 1. The van der Waals surface area contributed by atoms with Gasteiger partial charge in [-0.25, -0.2) is 0 Å². The van der Waals surface area contributed by atoms with Crippen molar-refractivity contribution in [2.75, 3.05) is 24.5 Å². The summed E-state index contributed by atoms with van der Waals surface area (Å²) in [6.45, 7) is 10.1. The van der Waals surface area contributed by atoms with Gasteiger partial charge in [-0.05, 0) is 53.1 Å². The third kappa shape index (κ3) is 2.94. The number of nitrogens with zero attached hydrogens (tertiary/aromatic N) is 1. The van der Waals surface area contributed by atoms with Crippen molar-refractivity contribution in [3.8, 4) is 0 Å². The molecule has 1 aliphatic heterocycles. The number of nitrogens with one attached hydrogen (secondary N) is 1. The standard InChI is InChI=1S/C14H21IN2/c1-10(2)14-9-16-6-7-17(14)13-8-12(15)5-4-11(13)3/h4-5,8,10,14,16H,6-7,9H2,1-3H3. The Balaban J connectivity index is 2.32. The highest BCUT2D eigenvalue weighted by atomic mass is 127. The first-order valence-corrected chi connectivity index (χ1v) is 7.41. The van der Waals surface area contributed by atoms with Crippen molar-refractivity contribution in [1.29, 1.82) is 0 Å². The molecule has 3 heteroatoms. The summed E-state index contributed by atoms with van der Waals surface area (Å²) in [5.74, 6) is 0.681. The zero-order chi connectivity index (χ0) is 12.4. The molecule has 1 heterocycles. The topological polar surface area (TPSA) is 15.3 Å². The fourth-order valence-corrected chi connectivity index (χ4v) is 2.99. The first-order valence-electron chi connectivity index (χ1n) is 6.33. The molecule has 0 amide bonds. The van der Waals surface area contributed by atoms with Crippen LogP contribution in [-0.4, -0.2) is 25.7 Å². The molecule has 1 aromatic rings. The molecule has 1 aromatic carbocycles. The van der Waals surface area contributed by atoms with Crippen molar-refractivity contribution in [1.82, 2.24) is 5.32 Å². The maximum atomic E-state index is 3.51. The van der Waals surface area contributed by atoms with Crippen molar-refractivity contribution in [3.63, 3.8) is 0 Å². The van der Waals surface area contributed by atoms with Gasteiger partial charge in [-0.2, -0.15) is 0 Å². The monoisotopic (exact) mass is 344 g/mol. The van der Waals surface area contributed by atoms with Crippen molar-refractivity contribution < 1.29 is 0 Å². The van der Waals surface area contributed by atoms with Crippen LogP contribution in [0.1, 0.15) is 19.4 Å². The number of halogens is 1. The van der Waals surface area contributed by atoms with Crippen molar-refractivity contribution in [2.24, 2.45) is 5.92 Å². The van der Waals surface area contributed by atoms with Crippen LogP contribution in [0.4, 0.5) is 5.69 Å². The molecule has 0 aliphatic carbocycles. The average Bonchev–Trinajstić information content (AvgIpc) is 2.32. The molecule has 1 saturated heterocycles. The molecule has 17 heavy (non-hydrogen) atoms. The lowest BCUT2D eigenvalue weighted by atomic mass is 9.99. The first-order chi connectivity index (χ1) is 8.09. The van der Waals surface area contributed by atoms with E-state index >= 15 is 0 Å². The molecule has 1 aliphatic rings. The van der Waals surface area contributed by atoms with Crippen LogP contribution in [0.25, 0.3) is 0 Å². The Bertz CT molecular complexity index is 390. The lowest BCUT2D eigenvalue weighted by molar-refractivity contribution is 0.390. The molecule has 0 saturated carbocycles. The fourth-order valence-electron chi connectivity index (χ4n) is 2.51. The van der Waals surface area contributed by atoms with E-state index in [9.17, 15) is 0 Å². The van der Waals surface area contributed by atoms with Crippen LogP contribution in [0.2, 0.25) is 0 Å². The largest absolute Gasteiger partial charge is 0.365 e. The fraction of sp³-hybridized carbons (Fsp3) is 0.571. The highest BCUT2D eigenvalue weighted by Crippen LogP contribution is 2.27. The van der Waals surface area contributed by atoms with Crippen LogP contribution < -0.4 is 10.2 Å². The van der Waals surface area contributed by atoms with Crippen LogP contribution in [0, 0.1) is 16.4 Å². The lowest BCUT2D eigenvalue weighted by Crippen LogP contribution is -2.54. The summed E-state index contributed by atoms with van der Waals surface area (Å²) < 4.78 is 1.32. The maximum absolute atomic E-state index is 3.51. The van der Waals surface area contributed by atoms with Gasteiger partial charge < -0.3 is 10.2 Å². The van der Waals surface area contributed by atoms with E-state index in [0.29, 0.717) is 12.0 Å².